The molecule has 2 aromatic rings. The van der Waals surface area contributed by atoms with Crippen molar-refractivity contribution in [2.75, 3.05) is 36.2 Å². The third-order valence-corrected chi connectivity index (χ3v) is 3.26. The summed E-state index contributed by atoms with van der Waals surface area (Å²) in [4.78, 5) is 14.0. The average molecular weight is 283 g/mol. The molecule has 110 valence electrons. The van der Waals surface area contributed by atoms with Crippen molar-refractivity contribution in [2.24, 2.45) is 0 Å². The summed E-state index contributed by atoms with van der Waals surface area (Å²) < 4.78 is 0. The monoisotopic (exact) mass is 283 g/mol. The van der Waals surface area contributed by atoms with Crippen molar-refractivity contribution in [2.45, 2.75) is 6.92 Å². The first-order valence-electron chi connectivity index (χ1n) is 6.93. The van der Waals surface area contributed by atoms with Gasteiger partial charge < -0.3 is 15.5 Å². The number of hydrogen-bond donors (Lipinski definition) is 2. The van der Waals surface area contributed by atoms with E-state index in [1.54, 1.807) is 0 Å². The van der Waals surface area contributed by atoms with Gasteiger partial charge in [0.15, 0.2) is 0 Å². The highest BCUT2D eigenvalue weighted by atomic mass is 16.1. The molecule has 4 nitrogen and oxygen atoms in total. The third kappa shape index (κ3) is 4.24. The molecular formula is C17H21N3O. The van der Waals surface area contributed by atoms with Crippen LogP contribution in [0, 0.1) is 6.92 Å². The number of hydrogen-bond acceptors (Lipinski definition) is 3. The number of benzene rings is 2. The number of nitrogens with zero attached hydrogens (tertiary/aromatic N) is 1. The first kappa shape index (κ1) is 14.9. The Morgan fingerprint density at radius 2 is 1.71 bits per heavy atom. The molecule has 0 bridgehead atoms. The maximum Gasteiger partial charge on any atom is 0.243 e. The minimum Gasteiger partial charge on any atom is -0.378 e. The third-order valence-electron chi connectivity index (χ3n) is 3.26. The molecule has 1 amide bonds. The summed E-state index contributed by atoms with van der Waals surface area (Å²) in [6.07, 6.45) is 0. The van der Waals surface area contributed by atoms with Crippen LogP contribution in [0.1, 0.15) is 5.56 Å². The zero-order valence-corrected chi connectivity index (χ0v) is 12.7. The minimum atomic E-state index is -0.0546. The number of rotatable bonds is 5. The molecule has 2 rings (SSSR count). The maximum absolute atomic E-state index is 11.9. The van der Waals surface area contributed by atoms with Gasteiger partial charge in [0.2, 0.25) is 5.91 Å². The SMILES string of the molecule is Cc1ccccc1NC(=O)CNc1ccc(N(C)C)cc1. The Labute approximate surface area is 125 Å². The van der Waals surface area contributed by atoms with Crippen LogP contribution in [0.4, 0.5) is 17.1 Å². The van der Waals surface area contributed by atoms with Crippen molar-refractivity contribution in [1.82, 2.24) is 0 Å². The van der Waals surface area contributed by atoms with E-state index in [-0.39, 0.29) is 12.5 Å². The van der Waals surface area contributed by atoms with Gasteiger partial charge in [0.05, 0.1) is 6.54 Å². The Bertz CT molecular complexity index is 606. The van der Waals surface area contributed by atoms with E-state index in [1.807, 2.05) is 74.4 Å². The van der Waals surface area contributed by atoms with E-state index < -0.39 is 0 Å². The summed E-state index contributed by atoms with van der Waals surface area (Å²) in [5, 5.41) is 6.02. The van der Waals surface area contributed by atoms with Crippen LogP contribution in [0.5, 0.6) is 0 Å². The van der Waals surface area contributed by atoms with E-state index in [0.717, 1.165) is 22.6 Å². The Morgan fingerprint density at radius 1 is 1.05 bits per heavy atom. The van der Waals surface area contributed by atoms with E-state index in [4.69, 9.17) is 0 Å². The quantitative estimate of drug-likeness (QED) is 0.886. The van der Waals surface area contributed by atoms with Gasteiger partial charge in [-0.05, 0) is 42.8 Å². The molecule has 0 saturated carbocycles. The van der Waals surface area contributed by atoms with Crippen LogP contribution in [0.25, 0.3) is 0 Å². The predicted molar refractivity (Wildman–Crippen MR) is 89.1 cm³/mol. The summed E-state index contributed by atoms with van der Waals surface area (Å²) in [6.45, 7) is 2.22. The fourth-order valence-electron chi connectivity index (χ4n) is 1.97. The van der Waals surface area contributed by atoms with Crippen LogP contribution in [-0.2, 0) is 4.79 Å². The second-order valence-corrected chi connectivity index (χ2v) is 5.16. The molecule has 0 aliphatic carbocycles. The average Bonchev–Trinajstić information content (AvgIpc) is 2.48. The molecule has 0 radical (unpaired) electrons. The summed E-state index contributed by atoms with van der Waals surface area (Å²) in [5.41, 5.74) is 3.97. The molecule has 2 N–H and O–H groups in total. The fraction of sp³-hybridized carbons (Fsp3) is 0.235. The van der Waals surface area contributed by atoms with Gasteiger partial charge in [0.1, 0.15) is 0 Å². The Balaban J connectivity index is 1.88. The van der Waals surface area contributed by atoms with Gasteiger partial charge in [-0.3, -0.25) is 4.79 Å². The van der Waals surface area contributed by atoms with Crippen LogP contribution < -0.4 is 15.5 Å². The molecule has 0 atom stereocenters. The van der Waals surface area contributed by atoms with E-state index in [9.17, 15) is 4.79 Å². The molecule has 0 aliphatic heterocycles. The summed E-state index contributed by atoms with van der Waals surface area (Å²) in [6, 6.07) is 15.7. The molecule has 0 aromatic heterocycles. The lowest BCUT2D eigenvalue weighted by molar-refractivity contribution is -0.114. The van der Waals surface area contributed by atoms with E-state index in [2.05, 4.69) is 10.6 Å². The van der Waals surface area contributed by atoms with Crippen molar-refractivity contribution in [3.8, 4) is 0 Å². The lowest BCUT2D eigenvalue weighted by atomic mass is 10.2. The molecule has 0 heterocycles. The van der Waals surface area contributed by atoms with E-state index in [0.29, 0.717) is 0 Å². The largest absolute Gasteiger partial charge is 0.378 e. The first-order chi connectivity index (χ1) is 10.1. The van der Waals surface area contributed by atoms with Crippen molar-refractivity contribution in [3.05, 3.63) is 54.1 Å². The van der Waals surface area contributed by atoms with Gasteiger partial charge in [0.25, 0.3) is 0 Å². The van der Waals surface area contributed by atoms with Gasteiger partial charge in [-0.15, -0.1) is 0 Å². The first-order valence-corrected chi connectivity index (χ1v) is 6.93. The molecule has 21 heavy (non-hydrogen) atoms. The molecule has 4 heteroatoms. The normalized spacial score (nSPS) is 10.0. The highest BCUT2D eigenvalue weighted by Crippen LogP contribution is 2.16. The summed E-state index contributed by atoms with van der Waals surface area (Å²) in [5.74, 6) is -0.0546. The number of aryl methyl sites for hydroxylation is 1. The molecule has 0 aliphatic rings. The summed E-state index contributed by atoms with van der Waals surface area (Å²) >= 11 is 0. The Kier molecular flexibility index (Phi) is 4.82. The van der Waals surface area contributed by atoms with Crippen LogP contribution in [-0.4, -0.2) is 26.5 Å². The Morgan fingerprint density at radius 3 is 2.33 bits per heavy atom. The number of anilines is 3. The molecule has 0 unspecified atom stereocenters. The topological polar surface area (TPSA) is 44.4 Å². The number of para-hydroxylation sites is 1. The van der Waals surface area contributed by atoms with Crippen LogP contribution in [0.2, 0.25) is 0 Å². The molecule has 2 aromatic carbocycles. The lowest BCUT2D eigenvalue weighted by Gasteiger charge is -2.13. The molecule has 0 fully saturated rings. The van der Waals surface area contributed by atoms with E-state index in [1.165, 1.54) is 0 Å². The van der Waals surface area contributed by atoms with Crippen LogP contribution in [0.3, 0.4) is 0 Å². The number of carbonyl (C=O) groups is 1. The zero-order chi connectivity index (χ0) is 15.2. The van der Waals surface area contributed by atoms with Crippen molar-refractivity contribution < 1.29 is 4.79 Å². The van der Waals surface area contributed by atoms with Crippen molar-refractivity contribution in [1.29, 1.82) is 0 Å². The number of carbonyl (C=O) groups excluding carboxylic acids is 1. The maximum atomic E-state index is 11.9. The fourth-order valence-corrected chi connectivity index (χ4v) is 1.97. The smallest absolute Gasteiger partial charge is 0.243 e. The highest BCUT2D eigenvalue weighted by molar-refractivity contribution is 5.94. The van der Waals surface area contributed by atoms with Gasteiger partial charge in [-0.2, -0.15) is 0 Å². The van der Waals surface area contributed by atoms with Crippen LogP contribution >= 0.6 is 0 Å². The minimum absolute atomic E-state index is 0.0546. The van der Waals surface area contributed by atoms with Crippen molar-refractivity contribution >= 4 is 23.0 Å². The second kappa shape index (κ2) is 6.79. The molecular weight excluding hydrogens is 262 g/mol. The highest BCUT2D eigenvalue weighted by Gasteiger charge is 2.04. The second-order valence-electron chi connectivity index (χ2n) is 5.16. The molecule has 0 saturated heterocycles. The van der Waals surface area contributed by atoms with Gasteiger partial charge in [-0.1, -0.05) is 18.2 Å². The summed E-state index contributed by atoms with van der Waals surface area (Å²) in [7, 11) is 4.00. The number of nitrogens with one attached hydrogen (secondary N) is 2. The van der Waals surface area contributed by atoms with Gasteiger partial charge in [0, 0.05) is 31.2 Å². The predicted octanol–water partition coefficient (Wildman–Crippen LogP) is 3.11. The number of amides is 1. The van der Waals surface area contributed by atoms with Gasteiger partial charge in [-0.25, -0.2) is 0 Å². The van der Waals surface area contributed by atoms with Crippen molar-refractivity contribution in [3.63, 3.8) is 0 Å². The lowest BCUT2D eigenvalue weighted by Crippen LogP contribution is -2.22. The van der Waals surface area contributed by atoms with Crippen LogP contribution in [0.15, 0.2) is 48.5 Å². The Hall–Kier alpha value is -2.49. The van der Waals surface area contributed by atoms with Gasteiger partial charge >= 0.3 is 0 Å². The molecule has 0 spiro atoms. The van der Waals surface area contributed by atoms with E-state index >= 15 is 0 Å². The standard InChI is InChI=1S/C17H21N3O/c1-13-6-4-5-7-16(13)19-17(21)12-18-14-8-10-15(11-9-14)20(2)3/h4-11,18H,12H2,1-3H3,(H,19,21). The zero-order valence-electron chi connectivity index (χ0n) is 12.7.